The Morgan fingerprint density at radius 3 is 2.62 bits per heavy atom. The first-order chi connectivity index (χ1) is 11.5. The molecule has 0 saturated heterocycles. The molecule has 2 N–H and O–H groups in total. The van der Waals surface area contributed by atoms with Crippen LogP contribution in [0, 0.1) is 0 Å². The van der Waals surface area contributed by atoms with Gasteiger partial charge in [-0.15, -0.1) is 0 Å². The molecule has 0 spiro atoms. The standard InChI is InChI=1S/C17H24N4O2S/c1-4-20(5-2)10-11-21-16(23)13-8-6-7-9-14(13)19-17(21)24-12(3)15(18)22/h6-9,12H,4-5,10-11H2,1-3H3,(H2,18,22)/t12-/m0/s1. The maximum Gasteiger partial charge on any atom is 0.262 e. The van der Waals surface area contributed by atoms with Crippen molar-refractivity contribution in [1.29, 1.82) is 0 Å². The van der Waals surface area contributed by atoms with Crippen molar-refractivity contribution in [1.82, 2.24) is 14.5 Å². The van der Waals surface area contributed by atoms with E-state index in [1.807, 2.05) is 18.2 Å². The molecule has 0 unspecified atom stereocenters. The second-order valence-corrected chi connectivity index (χ2v) is 6.87. The summed E-state index contributed by atoms with van der Waals surface area (Å²) in [4.78, 5) is 31.1. The number of amides is 1. The fourth-order valence-corrected chi connectivity index (χ4v) is 3.32. The van der Waals surface area contributed by atoms with Gasteiger partial charge in [0, 0.05) is 13.1 Å². The van der Waals surface area contributed by atoms with Crippen LogP contribution in [0.4, 0.5) is 0 Å². The minimum absolute atomic E-state index is 0.0769. The Morgan fingerprint density at radius 1 is 1.33 bits per heavy atom. The summed E-state index contributed by atoms with van der Waals surface area (Å²) in [5, 5.41) is 0.683. The lowest BCUT2D eigenvalue weighted by Crippen LogP contribution is -2.33. The van der Waals surface area contributed by atoms with Gasteiger partial charge in [-0.25, -0.2) is 4.98 Å². The Kier molecular flexibility index (Phi) is 6.39. The number of nitrogens with zero attached hydrogens (tertiary/aromatic N) is 3. The lowest BCUT2D eigenvalue weighted by atomic mass is 10.2. The number of benzene rings is 1. The number of primary amides is 1. The summed E-state index contributed by atoms with van der Waals surface area (Å²) in [6.07, 6.45) is 0. The van der Waals surface area contributed by atoms with Gasteiger partial charge in [-0.05, 0) is 32.1 Å². The zero-order valence-corrected chi connectivity index (χ0v) is 15.2. The molecule has 24 heavy (non-hydrogen) atoms. The van der Waals surface area contributed by atoms with Crippen LogP contribution in [0.2, 0.25) is 0 Å². The molecule has 0 saturated carbocycles. The van der Waals surface area contributed by atoms with E-state index in [1.165, 1.54) is 11.8 Å². The minimum atomic E-state index is -0.447. The molecular weight excluding hydrogens is 324 g/mol. The first kappa shape index (κ1) is 18.5. The third-order valence-corrected chi connectivity index (χ3v) is 5.15. The highest BCUT2D eigenvalue weighted by Gasteiger charge is 2.17. The number of likely N-dealkylation sites (N-methyl/N-ethyl adjacent to an activating group) is 1. The first-order valence-electron chi connectivity index (χ1n) is 8.15. The van der Waals surface area contributed by atoms with E-state index in [0.29, 0.717) is 22.6 Å². The van der Waals surface area contributed by atoms with Gasteiger partial charge in [0.2, 0.25) is 5.91 Å². The van der Waals surface area contributed by atoms with E-state index in [2.05, 4.69) is 23.7 Å². The minimum Gasteiger partial charge on any atom is -0.369 e. The van der Waals surface area contributed by atoms with Crippen molar-refractivity contribution in [3.8, 4) is 0 Å². The summed E-state index contributed by atoms with van der Waals surface area (Å²) in [6, 6.07) is 7.27. The van der Waals surface area contributed by atoms with Crippen molar-refractivity contribution in [3.05, 3.63) is 34.6 Å². The van der Waals surface area contributed by atoms with E-state index in [4.69, 9.17) is 5.73 Å². The second kappa shape index (κ2) is 8.30. The molecule has 0 fully saturated rings. The van der Waals surface area contributed by atoms with E-state index in [-0.39, 0.29) is 5.56 Å². The Bertz CT molecular complexity index is 771. The van der Waals surface area contributed by atoms with Crippen molar-refractivity contribution >= 4 is 28.6 Å². The second-order valence-electron chi connectivity index (χ2n) is 5.56. The zero-order valence-electron chi connectivity index (χ0n) is 14.4. The van der Waals surface area contributed by atoms with Gasteiger partial charge < -0.3 is 10.6 Å². The number of carbonyl (C=O) groups is 1. The maximum absolute atomic E-state index is 12.9. The molecular formula is C17H24N4O2S. The van der Waals surface area contributed by atoms with E-state index >= 15 is 0 Å². The average Bonchev–Trinajstić information content (AvgIpc) is 2.57. The van der Waals surface area contributed by atoms with Crippen LogP contribution in [0.15, 0.2) is 34.2 Å². The number of thioether (sulfide) groups is 1. The molecule has 0 radical (unpaired) electrons. The van der Waals surface area contributed by atoms with Gasteiger partial charge in [-0.3, -0.25) is 14.2 Å². The predicted molar refractivity (Wildman–Crippen MR) is 98.3 cm³/mol. The van der Waals surface area contributed by atoms with Gasteiger partial charge >= 0.3 is 0 Å². The Balaban J connectivity index is 2.45. The van der Waals surface area contributed by atoms with Gasteiger partial charge in [0.15, 0.2) is 5.16 Å². The van der Waals surface area contributed by atoms with Crippen molar-refractivity contribution in [2.24, 2.45) is 5.73 Å². The molecule has 0 aliphatic heterocycles. The highest BCUT2D eigenvalue weighted by atomic mass is 32.2. The van der Waals surface area contributed by atoms with Crippen LogP contribution in [0.25, 0.3) is 10.9 Å². The van der Waals surface area contributed by atoms with Crippen LogP contribution in [-0.2, 0) is 11.3 Å². The van der Waals surface area contributed by atoms with E-state index in [9.17, 15) is 9.59 Å². The van der Waals surface area contributed by atoms with Gasteiger partial charge in [0.05, 0.1) is 16.2 Å². The third-order valence-electron chi connectivity index (χ3n) is 4.04. The molecule has 0 bridgehead atoms. The number of para-hydroxylation sites is 1. The number of aromatic nitrogens is 2. The normalized spacial score (nSPS) is 12.7. The molecule has 130 valence electrons. The predicted octanol–water partition coefficient (Wildman–Crippen LogP) is 1.70. The molecule has 1 heterocycles. The number of hydrogen-bond donors (Lipinski definition) is 1. The van der Waals surface area contributed by atoms with E-state index < -0.39 is 11.2 Å². The summed E-state index contributed by atoms with van der Waals surface area (Å²) in [7, 11) is 0. The number of fused-ring (bicyclic) bond motifs is 1. The summed E-state index contributed by atoms with van der Waals surface area (Å²) in [5.74, 6) is -0.419. The van der Waals surface area contributed by atoms with Crippen LogP contribution in [0.1, 0.15) is 20.8 Å². The largest absolute Gasteiger partial charge is 0.369 e. The summed E-state index contributed by atoms with van der Waals surface area (Å²) < 4.78 is 1.66. The topological polar surface area (TPSA) is 81.2 Å². The Hall–Kier alpha value is -1.86. The number of hydrogen-bond acceptors (Lipinski definition) is 5. The number of rotatable bonds is 8. The van der Waals surface area contributed by atoms with Crippen molar-refractivity contribution in [2.75, 3.05) is 19.6 Å². The molecule has 2 aromatic rings. The van der Waals surface area contributed by atoms with Crippen LogP contribution >= 0.6 is 11.8 Å². The van der Waals surface area contributed by atoms with Crippen LogP contribution < -0.4 is 11.3 Å². The molecule has 6 nitrogen and oxygen atoms in total. The lowest BCUT2D eigenvalue weighted by molar-refractivity contribution is -0.117. The highest BCUT2D eigenvalue weighted by molar-refractivity contribution is 8.00. The summed E-state index contributed by atoms with van der Waals surface area (Å²) >= 11 is 1.23. The van der Waals surface area contributed by atoms with Crippen molar-refractivity contribution < 1.29 is 4.79 Å². The van der Waals surface area contributed by atoms with E-state index in [0.717, 1.165) is 19.6 Å². The van der Waals surface area contributed by atoms with Gasteiger partial charge in [-0.2, -0.15) is 0 Å². The molecule has 0 aliphatic rings. The highest BCUT2D eigenvalue weighted by Crippen LogP contribution is 2.22. The number of nitrogens with two attached hydrogens (primary N) is 1. The molecule has 1 aromatic carbocycles. The SMILES string of the molecule is CCN(CC)CCn1c(S[C@@H](C)C(N)=O)nc2ccccc2c1=O. The molecule has 7 heteroatoms. The van der Waals surface area contributed by atoms with Gasteiger partial charge in [0.25, 0.3) is 5.56 Å². The molecule has 1 amide bonds. The van der Waals surface area contributed by atoms with Crippen LogP contribution in [0.3, 0.4) is 0 Å². The fourth-order valence-electron chi connectivity index (χ4n) is 2.43. The summed E-state index contributed by atoms with van der Waals surface area (Å²) in [5.41, 5.74) is 5.93. The van der Waals surface area contributed by atoms with Gasteiger partial charge in [0.1, 0.15) is 0 Å². The maximum atomic E-state index is 12.9. The summed E-state index contributed by atoms with van der Waals surface area (Å²) in [6.45, 7) is 9.05. The van der Waals surface area contributed by atoms with Crippen LogP contribution in [0.5, 0.6) is 0 Å². The van der Waals surface area contributed by atoms with Gasteiger partial charge in [-0.1, -0.05) is 37.7 Å². The molecule has 1 atom stereocenters. The molecule has 0 aliphatic carbocycles. The van der Waals surface area contributed by atoms with Crippen molar-refractivity contribution in [3.63, 3.8) is 0 Å². The Labute approximate surface area is 146 Å². The third kappa shape index (κ3) is 4.15. The van der Waals surface area contributed by atoms with E-state index in [1.54, 1.807) is 17.6 Å². The smallest absolute Gasteiger partial charge is 0.262 e. The monoisotopic (exact) mass is 348 g/mol. The average molecular weight is 348 g/mol. The number of carbonyl (C=O) groups excluding carboxylic acids is 1. The quantitative estimate of drug-likeness (QED) is 0.580. The fraction of sp³-hybridized carbons (Fsp3) is 0.471. The Morgan fingerprint density at radius 2 is 2.00 bits per heavy atom. The first-order valence-corrected chi connectivity index (χ1v) is 9.03. The molecule has 1 aromatic heterocycles. The lowest BCUT2D eigenvalue weighted by Gasteiger charge is -2.20. The van der Waals surface area contributed by atoms with Crippen LogP contribution in [-0.4, -0.2) is 45.2 Å². The van der Waals surface area contributed by atoms with Crippen molar-refractivity contribution in [2.45, 2.75) is 37.7 Å². The molecule has 2 rings (SSSR count). The zero-order chi connectivity index (χ0) is 17.7.